The summed E-state index contributed by atoms with van der Waals surface area (Å²) in [5.74, 6) is -0.110. The molecule has 2 aromatic heterocycles. The Morgan fingerprint density at radius 3 is 2.96 bits per heavy atom. The second kappa shape index (κ2) is 6.59. The van der Waals surface area contributed by atoms with Gasteiger partial charge in [0.25, 0.3) is 5.91 Å². The number of aromatic nitrogens is 2. The van der Waals surface area contributed by atoms with Crippen molar-refractivity contribution in [3.8, 4) is 0 Å². The summed E-state index contributed by atoms with van der Waals surface area (Å²) < 4.78 is 13.3. The van der Waals surface area contributed by atoms with E-state index < -0.39 is 0 Å². The summed E-state index contributed by atoms with van der Waals surface area (Å²) in [5, 5.41) is 3.76. The number of rotatable bonds is 2. The summed E-state index contributed by atoms with van der Waals surface area (Å²) in [6.07, 6.45) is 5.17. The largest absolute Gasteiger partial charge is 0.381 e. The number of imidazole rings is 1. The smallest absolute Gasteiger partial charge is 0.270 e. The Morgan fingerprint density at radius 2 is 2.16 bits per heavy atom. The number of hydrogen-bond acceptors (Lipinski definition) is 4. The third-order valence-corrected chi connectivity index (χ3v) is 5.43. The third-order valence-electron chi connectivity index (χ3n) is 5.20. The molecule has 0 aromatic carbocycles. The van der Waals surface area contributed by atoms with Gasteiger partial charge in [-0.2, -0.15) is 0 Å². The molecule has 1 unspecified atom stereocenters. The van der Waals surface area contributed by atoms with Gasteiger partial charge in [0.2, 0.25) is 0 Å². The highest BCUT2D eigenvalue weighted by Crippen LogP contribution is 2.34. The Morgan fingerprint density at radius 1 is 1.36 bits per heavy atom. The Balaban J connectivity index is 1.54. The molecule has 4 rings (SSSR count). The van der Waals surface area contributed by atoms with Crippen LogP contribution in [0.25, 0.3) is 5.65 Å². The van der Waals surface area contributed by atoms with Gasteiger partial charge in [0.05, 0.1) is 16.3 Å². The number of nitrogens with zero attached hydrogens (tertiary/aromatic N) is 2. The molecule has 4 heterocycles. The number of fused-ring (bicyclic) bond motifs is 1. The molecule has 0 aliphatic carbocycles. The van der Waals surface area contributed by atoms with Crippen molar-refractivity contribution in [2.24, 2.45) is 0 Å². The van der Waals surface area contributed by atoms with Crippen LogP contribution < -0.4 is 5.32 Å². The first-order valence-corrected chi connectivity index (χ1v) is 9.11. The van der Waals surface area contributed by atoms with Crippen LogP contribution in [0.15, 0.2) is 18.3 Å². The molecule has 1 amide bonds. The second-order valence-electron chi connectivity index (χ2n) is 6.93. The number of ether oxygens (including phenoxy) is 2. The van der Waals surface area contributed by atoms with Crippen molar-refractivity contribution in [3.05, 3.63) is 34.7 Å². The third kappa shape index (κ3) is 3.26. The van der Waals surface area contributed by atoms with Crippen molar-refractivity contribution < 1.29 is 14.3 Å². The lowest BCUT2D eigenvalue weighted by molar-refractivity contribution is -0.139. The highest BCUT2D eigenvalue weighted by atomic mass is 35.5. The fraction of sp³-hybridized carbons (Fsp3) is 0.556. The fourth-order valence-corrected chi connectivity index (χ4v) is 4.07. The molecule has 2 aliphatic heterocycles. The van der Waals surface area contributed by atoms with Crippen LogP contribution in [0.1, 0.15) is 41.9 Å². The van der Waals surface area contributed by atoms with Crippen LogP contribution in [0.3, 0.4) is 0 Å². The van der Waals surface area contributed by atoms with Crippen molar-refractivity contribution in [2.75, 3.05) is 19.8 Å². The van der Waals surface area contributed by atoms with Gasteiger partial charge in [-0.3, -0.25) is 9.20 Å². The van der Waals surface area contributed by atoms with Crippen LogP contribution in [0.4, 0.5) is 0 Å². The van der Waals surface area contributed by atoms with Crippen LogP contribution in [-0.2, 0) is 9.47 Å². The molecule has 2 aliphatic rings. The lowest BCUT2D eigenvalue weighted by Gasteiger charge is -2.43. The number of carbonyl (C=O) groups is 1. The van der Waals surface area contributed by atoms with Crippen molar-refractivity contribution >= 4 is 23.2 Å². The maximum Gasteiger partial charge on any atom is 0.270 e. The van der Waals surface area contributed by atoms with E-state index in [0.29, 0.717) is 23.0 Å². The van der Waals surface area contributed by atoms with Gasteiger partial charge in [0, 0.05) is 32.1 Å². The van der Waals surface area contributed by atoms with Gasteiger partial charge in [-0.15, -0.1) is 0 Å². The summed E-state index contributed by atoms with van der Waals surface area (Å²) in [6.45, 7) is 3.97. The van der Waals surface area contributed by atoms with Crippen LogP contribution >= 0.6 is 11.6 Å². The standard InChI is InChI=1S/C18H22ClN3O3/c1-12-16(22-11-13(19)2-3-15(22)20-12)17(23)21-14-4-7-25-18(10-14)5-8-24-9-6-18/h2-3,11,14H,4-10H2,1H3,(H,21,23). The number of hydrogen-bond donors (Lipinski definition) is 1. The minimum atomic E-state index is -0.147. The van der Waals surface area contributed by atoms with E-state index in [9.17, 15) is 4.79 Å². The zero-order chi connectivity index (χ0) is 17.4. The lowest BCUT2D eigenvalue weighted by Crippen LogP contribution is -2.51. The predicted molar refractivity (Wildman–Crippen MR) is 94.2 cm³/mol. The summed E-state index contributed by atoms with van der Waals surface area (Å²) in [7, 11) is 0. The monoisotopic (exact) mass is 363 g/mol. The molecular formula is C18H22ClN3O3. The van der Waals surface area contributed by atoms with E-state index in [2.05, 4.69) is 10.3 Å². The second-order valence-corrected chi connectivity index (χ2v) is 7.36. The Bertz CT molecular complexity index is 793. The van der Waals surface area contributed by atoms with Crippen molar-refractivity contribution in [1.82, 2.24) is 14.7 Å². The van der Waals surface area contributed by atoms with Crippen molar-refractivity contribution in [2.45, 2.75) is 44.2 Å². The first kappa shape index (κ1) is 16.8. The Labute approximate surface area is 151 Å². The number of amides is 1. The van der Waals surface area contributed by atoms with E-state index >= 15 is 0 Å². The maximum atomic E-state index is 12.9. The molecule has 0 saturated carbocycles. The number of carbonyl (C=O) groups excluding carboxylic acids is 1. The SMILES string of the molecule is Cc1nc2ccc(Cl)cn2c1C(=O)NC1CCOC2(CCOCC2)C1. The molecule has 1 atom stereocenters. The Hall–Kier alpha value is -1.63. The van der Waals surface area contributed by atoms with Gasteiger partial charge in [0.1, 0.15) is 11.3 Å². The minimum absolute atomic E-state index is 0.100. The predicted octanol–water partition coefficient (Wildman–Crippen LogP) is 2.75. The van der Waals surface area contributed by atoms with Crippen LogP contribution in [0.2, 0.25) is 5.02 Å². The minimum Gasteiger partial charge on any atom is -0.381 e. The molecule has 25 heavy (non-hydrogen) atoms. The summed E-state index contributed by atoms with van der Waals surface area (Å²) >= 11 is 6.09. The lowest BCUT2D eigenvalue weighted by atomic mass is 9.84. The molecule has 2 fully saturated rings. The fourth-order valence-electron chi connectivity index (χ4n) is 3.91. The Kier molecular flexibility index (Phi) is 4.43. The summed E-state index contributed by atoms with van der Waals surface area (Å²) in [5.41, 5.74) is 1.82. The van der Waals surface area contributed by atoms with E-state index in [4.69, 9.17) is 21.1 Å². The number of pyridine rings is 1. The van der Waals surface area contributed by atoms with Gasteiger partial charge in [0.15, 0.2) is 0 Å². The zero-order valence-electron chi connectivity index (χ0n) is 14.3. The first-order valence-electron chi connectivity index (χ1n) is 8.73. The van der Waals surface area contributed by atoms with E-state index in [0.717, 1.165) is 44.5 Å². The average molecular weight is 364 g/mol. The number of halogens is 1. The molecule has 0 radical (unpaired) electrons. The number of aryl methyl sites for hydroxylation is 1. The van der Waals surface area contributed by atoms with Gasteiger partial charge in [-0.25, -0.2) is 4.98 Å². The first-order chi connectivity index (χ1) is 12.1. The van der Waals surface area contributed by atoms with Crippen molar-refractivity contribution in [3.63, 3.8) is 0 Å². The molecule has 2 saturated heterocycles. The zero-order valence-corrected chi connectivity index (χ0v) is 15.0. The average Bonchev–Trinajstić information content (AvgIpc) is 2.90. The van der Waals surface area contributed by atoms with Gasteiger partial charge >= 0.3 is 0 Å². The van der Waals surface area contributed by atoms with Crippen LogP contribution in [0.5, 0.6) is 0 Å². The van der Waals surface area contributed by atoms with E-state index in [1.165, 1.54) is 0 Å². The topological polar surface area (TPSA) is 64.9 Å². The number of nitrogens with one attached hydrogen (secondary N) is 1. The normalized spacial score (nSPS) is 23.0. The molecule has 0 bridgehead atoms. The van der Waals surface area contributed by atoms with Crippen LogP contribution in [0, 0.1) is 6.92 Å². The van der Waals surface area contributed by atoms with E-state index in [1.54, 1.807) is 16.7 Å². The molecule has 7 heteroatoms. The van der Waals surface area contributed by atoms with Crippen molar-refractivity contribution in [1.29, 1.82) is 0 Å². The van der Waals surface area contributed by atoms with Gasteiger partial charge < -0.3 is 14.8 Å². The summed E-state index contributed by atoms with van der Waals surface area (Å²) in [4.78, 5) is 17.4. The van der Waals surface area contributed by atoms with E-state index in [1.807, 2.05) is 13.0 Å². The highest BCUT2D eigenvalue weighted by molar-refractivity contribution is 6.30. The molecule has 2 aromatic rings. The maximum absolute atomic E-state index is 12.9. The van der Waals surface area contributed by atoms with Gasteiger partial charge in [-0.1, -0.05) is 11.6 Å². The van der Waals surface area contributed by atoms with Crippen LogP contribution in [-0.4, -0.2) is 46.8 Å². The quantitative estimate of drug-likeness (QED) is 0.891. The highest BCUT2D eigenvalue weighted by Gasteiger charge is 2.39. The molecule has 6 nitrogen and oxygen atoms in total. The summed E-state index contributed by atoms with van der Waals surface area (Å²) in [6, 6.07) is 3.69. The molecular weight excluding hydrogens is 342 g/mol. The molecule has 1 N–H and O–H groups in total. The van der Waals surface area contributed by atoms with Gasteiger partial charge in [-0.05, 0) is 44.7 Å². The van der Waals surface area contributed by atoms with E-state index in [-0.39, 0.29) is 17.6 Å². The molecule has 1 spiro atoms. The molecule has 134 valence electrons.